The Balaban J connectivity index is 1.42. The number of amides is 1. The summed E-state index contributed by atoms with van der Waals surface area (Å²) in [6.45, 7) is 12.3. The molecule has 1 amide bonds. The van der Waals surface area contributed by atoms with Crippen LogP contribution in [-0.2, 0) is 19.1 Å². The highest BCUT2D eigenvalue weighted by Gasteiger charge is 2.68. The Morgan fingerprint density at radius 3 is 2.54 bits per heavy atom. The lowest BCUT2D eigenvalue weighted by molar-refractivity contribution is -0.148. The maximum atomic E-state index is 13.5. The van der Waals surface area contributed by atoms with Crippen molar-refractivity contribution >= 4 is 17.7 Å². The molecule has 3 fully saturated rings. The standard InChI is InChI=1S/C31H45NO5/c1-17(16-32-19(3)33)13-25-27(35)18(2)28-30(6)12-10-24-23(26(30)15-31(25,28)36)8-7-21-14-22(37-20(4)34)9-11-29(21,24)5/h7,17,22-26,36H,8-16H2,1-6H3,(H,32,33)/t17-,22-,23-,24+,25-,26-,29+,30+,31+/m1/s1. The second-order valence-corrected chi connectivity index (χ2v) is 13.5. The van der Waals surface area contributed by atoms with Crippen LogP contribution in [0.1, 0.15) is 92.9 Å². The van der Waals surface area contributed by atoms with Gasteiger partial charge in [0.15, 0.2) is 5.78 Å². The van der Waals surface area contributed by atoms with Crippen LogP contribution in [0.25, 0.3) is 0 Å². The molecule has 0 aliphatic heterocycles. The number of allylic oxidation sites excluding steroid dienone is 2. The summed E-state index contributed by atoms with van der Waals surface area (Å²) in [6.07, 6.45) is 9.58. The number of aliphatic hydroxyl groups is 1. The minimum atomic E-state index is -1.07. The van der Waals surface area contributed by atoms with Crippen LogP contribution >= 0.6 is 0 Å². The largest absolute Gasteiger partial charge is 0.462 e. The minimum absolute atomic E-state index is 0.00663. The lowest BCUT2D eigenvalue weighted by Gasteiger charge is -2.57. The third-order valence-electron chi connectivity index (χ3n) is 11.3. The predicted molar refractivity (Wildman–Crippen MR) is 141 cm³/mol. The van der Waals surface area contributed by atoms with Crippen molar-refractivity contribution in [2.24, 2.45) is 40.4 Å². The van der Waals surface area contributed by atoms with Gasteiger partial charge in [0, 0.05) is 26.8 Å². The third kappa shape index (κ3) is 4.04. The first-order valence-electron chi connectivity index (χ1n) is 14.4. The lowest BCUT2D eigenvalue weighted by atomic mass is 9.47. The molecule has 0 spiro atoms. The Labute approximate surface area is 221 Å². The second kappa shape index (κ2) is 9.07. The molecule has 0 saturated heterocycles. The van der Waals surface area contributed by atoms with Gasteiger partial charge in [0.25, 0.3) is 0 Å². The van der Waals surface area contributed by atoms with E-state index in [1.54, 1.807) is 0 Å². The number of Topliss-reactive ketones (excluding diaryl/α,β-unsaturated/α-hetero) is 1. The number of ketones is 1. The first-order chi connectivity index (χ1) is 17.3. The molecule has 5 aliphatic carbocycles. The average Bonchev–Trinajstić information content (AvgIpc) is 3.17. The van der Waals surface area contributed by atoms with Crippen molar-refractivity contribution in [1.29, 1.82) is 0 Å². The van der Waals surface area contributed by atoms with E-state index >= 15 is 0 Å². The Bertz CT molecular complexity index is 1080. The molecule has 0 unspecified atom stereocenters. The number of carbonyl (C=O) groups is 3. The molecule has 0 heterocycles. The Hall–Kier alpha value is -1.95. The zero-order valence-electron chi connectivity index (χ0n) is 23.5. The number of ether oxygens (including phenoxy) is 1. The summed E-state index contributed by atoms with van der Waals surface area (Å²) in [5, 5.41) is 15.2. The summed E-state index contributed by atoms with van der Waals surface area (Å²) in [5.41, 5.74) is 2.18. The molecule has 37 heavy (non-hydrogen) atoms. The molecule has 0 aromatic carbocycles. The van der Waals surface area contributed by atoms with Crippen LogP contribution in [0.15, 0.2) is 22.8 Å². The van der Waals surface area contributed by atoms with E-state index in [-0.39, 0.29) is 40.5 Å². The molecule has 6 nitrogen and oxygen atoms in total. The number of hydrogen-bond acceptors (Lipinski definition) is 5. The van der Waals surface area contributed by atoms with E-state index in [4.69, 9.17) is 4.74 Å². The van der Waals surface area contributed by atoms with Crippen LogP contribution in [0, 0.1) is 40.4 Å². The second-order valence-electron chi connectivity index (χ2n) is 13.5. The number of nitrogens with one attached hydrogen (secondary N) is 1. The highest BCUT2D eigenvalue weighted by Crippen LogP contribution is 2.71. The smallest absolute Gasteiger partial charge is 0.302 e. The van der Waals surface area contributed by atoms with Crippen LogP contribution in [0.5, 0.6) is 0 Å². The maximum absolute atomic E-state index is 13.5. The van der Waals surface area contributed by atoms with Gasteiger partial charge in [0.1, 0.15) is 6.10 Å². The summed E-state index contributed by atoms with van der Waals surface area (Å²) in [7, 11) is 0. The van der Waals surface area contributed by atoms with Gasteiger partial charge in [0.2, 0.25) is 5.91 Å². The lowest BCUT2D eigenvalue weighted by Crippen LogP contribution is -2.49. The van der Waals surface area contributed by atoms with Gasteiger partial charge in [-0.3, -0.25) is 14.4 Å². The van der Waals surface area contributed by atoms with Crippen molar-refractivity contribution in [2.75, 3.05) is 6.54 Å². The van der Waals surface area contributed by atoms with E-state index in [1.165, 1.54) is 19.4 Å². The van der Waals surface area contributed by atoms with Crippen molar-refractivity contribution in [3.8, 4) is 0 Å². The summed E-state index contributed by atoms with van der Waals surface area (Å²) in [6, 6.07) is 0. The van der Waals surface area contributed by atoms with Crippen molar-refractivity contribution in [2.45, 2.75) is 105 Å². The molecule has 5 rings (SSSR count). The molecule has 0 aromatic heterocycles. The molecule has 5 aliphatic rings. The Kier molecular flexibility index (Phi) is 6.53. The third-order valence-corrected chi connectivity index (χ3v) is 11.3. The van der Waals surface area contributed by atoms with Crippen LogP contribution in [0.3, 0.4) is 0 Å². The molecule has 0 aromatic rings. The summed E-state index contributed by atoms with van der Waals surface area (Å²) in [5.74, 6) is 0.935. The fourth-order valence-electron chi connectivity index (χ4n) is 9.68. The van der Waals surface area contributed by atoms with E-state index in [0.29, 0.717) is 37.1 Å². The molecule has 2 N–H and O–H groups in total. The average molecular weight is 512 g/mol. The normalized spacial score (nSPS) is 43.3. The van der Waals surface area contributed by atoms with Crippen LogP contribution < -0.4 is 5.32 Å². The summed E-state index contributed by atoms with van der Waals surface area (Å²) in [4.78, 5) is 36.5. The quantitative estimate of drug-likeness (QED) is 0.405. The monoisotopic (exact) mass is 511 g/mol. The molecule has 204 valence electrons. The van der Waals surface area contributed by atoms with Gasteiger partial charge in [-0.2, -0.15) is 0 Å². The minimum Gasteiger partial charge on any atom is -0.462 e. The molecular formula is C31H45NO5. The zero-order chi connectivity index (χ0) is 26.9. The van der Waals surface area contributed by atoms with Crippen LogP contribution in [-0.4, -0.2) is 41.0 Å². The molecule has 0 bridgehead atoms. The predicted octanol–water partition coefficient (Wildman–Crippen LogP) is 4.90. The van der Waals surface area contributed by atoms with E-state index in [0.717, 1.165) is 49.7 Å². The van der Waals surface area contributed by atoms with Gasteiger partial charge in [-0.15, -0.1) is 0 Å². The number of fused-ring (bicyclic) bond motifs is 7. The Morgan fingerprint density at radius 1 is 1.16 bits per heavy atom. The van der Waals surface area contributed by atoms with Crippen molar-refractivity contribution in [1.82, 2.24) is 5.32 Å². The molecule has 0 radical (unpaired) electrons. The van der Waals surface area contributed by atoms with Crippen LogP contribution in [0.2, 0.25) is 0 Å². The van der Waals surface area contributed by atoms with Gasteiger partial charge in [-0.05, 0) is 97.5 Å². The van der Waals surface area contributed by atoms with E-state index < -0.39 is 11.5 Å². The zero-order valence-corrected chi connectivity index (χ0v) is 23.5. The van der Waals surface area contributed by atoms with Gasteiger partial charge in [-0.25, -0.2) is 0 Å². The number of hydrogen-bond donors (Lipinski definition) is 2. The van der Waals surface area contributed by atoms with Crippen molar-refractivity contribution < 1.29 is 24.2 Å². The fraction of sp³-hybridized carbons (Fsp3) is 0.774. The highest BCUT2D eigenvalue weighted by molar-refractivity contribution is 6.02. The van der Waals surface area contributed by atoms with Crippen molar-refractivity contribution in [3.63, 3.8) is 0 Å². The summed E-state index contributed by atoms with van der Waals surface area (Å²) < 4.78 is 5.59. The first-order valence-corrected chi connectivity index (χ1v) is 14.4. The Morgan fingerprint density at radius 2 is 1.86 bits per heavy atom. The molecule has 3 saturated carbocycles. The maximum Gasteiger partial charge on any atom is 0.302 e. The fourth-order valence-corrected chi connectivity index (χ4v) is 9.68. The van der Waals surface area contributed by atoms with Gasteiger partial charge >= 0.3 is 5.97 Å². The number of carbonyl (C=O) groups excluding carboxylic acids is 3. The highest BCUT2D eigenvalue weighted by atomic mass is 16.5. The topological polar surface area (TPSA) is 92.7 Å². The van der Waals surface area contributed by atoms with Gasteiger partial charge in [-0.1, -0.05) is 32.4 Å². The van der Waals surface area contributed by atoms with Gasteiger partial charge < -0.3 is 15.2 Å². The molecule has 6 heteroatoms. The van der Waals surface area contributed by atoms with E-state index in [1.807, 2.05) is 6.92 Å². The SMILES string of the molecule is CC(=O)NC[C@H](C)C[C@@H]1C(=O)C(C)=C2[C@]1(O)C[C@@H]1[C@@H]3CC=C4C[C@H](OC(C)=O)CC[C@]4(C)[C@H]3CC[C@]21C. The number of esters is 1. The van der Waals surface area contributed by atoms with Crippen LogP contribution in [0.4, 0.5) is 0 Å². The molecule has 9 atom stereocenters. The molecular weight excluding hydrogens is 466 g/mol. The summed E-state index contributed by atoms with van der Waals surface area (Å²) >= 11 is 0. The van der Waals surface area contributed by atoms with E-state index in [2.05, 4.69) is 32.2 Å². The van der Waals surface area contributed by atoms with Crippen molar-refractivity contribution in [3.05, 3.63) is 22.8 Å². The van der Waals surface area contributed by atoms with Gasteiger partial charge in [0.05, 0.1) is 11.5 Å². The number of rotatable bonds is 5. The first kappa shape index (κ1) is 26.6. The van der Waals surface area contributed by atoms with E-state index in [9.17, 15) is 19.5 Å².